The van der Waals surface area contributed by atoms with Gasteiger partial charge in [-0.15, -0.1) is 0 Å². The maximum absolute atomic E-state index is 12.8. The van der Waals surface area contributed by atoms with Crippen LogP contribution in [0.5, 0.6) is 11.5 Å². The molecular formula is C26H29N3O4. The average molecular weight is 448 g/mol. The zero-order valence-corrected chi connectivity index (χ0v) is 19.7. The number of amides is 2. The lowest BCUT2D eigenvalue weighted by atomic mass is 9.80. The predicted molar refractivity (Wildman–Crippen MR) is 126 cm³/mol. The molecule has 172 valence electrons. The summed E-state index contributed by atoms with van der Waals surface area (Å²) in [5, 5.41) is 5.43. The number of methoxy groups -OCH3 is 1. The van der Waals surface area contributed by atoms with Crippen molar-refractivity contribution in [1.29, 1.82) is 0 Å². The largest absolute Gasteiger partial charge is 0.493 e. The SMILES string of the molecule is COc1cc2c(c3c1OC(C)(C)C3)C(c1cccc(C(=O)N[C@H]3CNC3=O)c1)=NC(C)(C)C2. The number of rotatable bonds is 4. The number of hydrogen-bond acceptors (Lipinski definition) is 5. The Bertz CT molecular complexity index is 1210. The van der Waals surface area contributed by atoms with Gasteiger partial charge in [0.05, 0.1) is 18.4 Å². The van der Waals surface area contributed by atoms with E-state index in [1.165, 1.54) is 5.56 Å². The van der Waals surface area contributed by atoms with Gasteiger partial charge in [-0.1, -0.05) is 12.1 Å². The van der Waals surface area contributed by atoms with E-state index < -0.39 is 6.04 Å². The van der Waals surface area contributed by atoms with Crippen molar-refractivity contribution in [2.24, 2.45) is 4.99 Å². The van der Waals surface area contributed by atoms with Crippen LogP contribution in [-0.4, -0.2) is 48.4 Å². The van der Waals surface area contributed by atoms with Gasteiger partial charge in [-0.25, -0.2) is 0 Å². The van der Waals surface area contributed by atoms with Gasteiger partial charge in [-0.05, 0) is 57.9 Å². The van der Waals surface area contributed by atoms with Crippen LogP contribution in [-0.2, 0) is 17.6 Å². The Morgan fingerprint density at radius 3 is 2.67 bits per heavy atom. The van der Waals surface area contributed by atoms with Crippen LogP contribution in [0.15, 0.2) is 35.3 Å². The highest BCUT2D eigenvalue weighted by Crippen LogP contribution is 2.47. The third-order valence-corrected chi connectivity index (χ3v) is 6.40. The molecule has 1 saturated heterocycles. The number of ether oxygens (including phenoxy) is 2. The Kier molecular flexibility index (Phi) is 4.78. The number of hydrogen-bond donors (Lipinski definition) is 2. The van der Waals surface area contributed by atoms with E-state index in [2.05, 4.69) is 44.4 Å². The van der Waals surface area contributed by atoms with E-state index >= 15 is 0 Å². The highest BCUT2D eigenvalue weighted by Gasteiger charge is 2.39. The molecule has 2 aromatic rings. The molecule has 7 nitrogen and oxygen atoms in total. The van der Waals surface area contributed by atoms with Gasteiger partial charge in [-0.2, -0.15) is 0 Å². The van der Waals surface area contributed by atoms with E-state index in [4.69, 9.17) is 14.5 Å². The second-order valence-corrected chi connectivity index (χ2v) is 10.3. The number of carbonyl (C=O) groups excluding carboxylic acids is 2. The zero-order chi connectivity index (χ0) is 23.5. The highest BCUT2D eigenvalue weighted by atomic mass is 16.5. The quantitative estimate of drug-likeness (QED) is 0.706. The number of carbonyl (C=O) groups is 2. The number of fused-ring (bicyclic) bond motifs is 3. The van der Waals surface area contributed by atoms with Crippen molar-refractivity contribution in [3.8, 4) is 11.5 Å². The minimum absolute atomic E-state index is 0.154. The molecule has 0 radical (unpaired) electrons. The Morgan fingerprint density at radius 2 is 2.00 bits per heavy atom. The first-order chi connectivity index (χ1) is 15.6. The van der Waals surface area contributed by atoms with E-state index in [0.29, 0.717) is 12.1 Å². The van der Waals surface area contributed by atoms with E-state index in [9.17, 15) is 9.59 Å². The lowest BCUT2D eigenvalue weighted by Crippen LogP contribution is -2.61. The molecule has 0 spiro atoms. The molecule has 2 amide bonds. The third kappa shape index (κ3) is 3.75. The van der Waals surface area contributed by atoms with E-state index in [-0.39, 0.29) is 23.0 Å². The molecule has 3 aliphatic heterocycles. The van der Waals surface area contributed by atoms with Crippen LogP contribution < -0.4 is 20.1 Å². The van der Waals surface area contributed by atoms with Gasteiger partial charge in [0, 0.05) is 35.2 Å². The normalized spacial score (nSPS) is 21.5. The molecule has 0 bridgehead atoms. The lowest BCUT2D eigenvalue weighted by molar-refractivity contribution is -0.128. The van der Waals surface area contributed by atoms with Crippen molar-refractivity contribution in [2.75, 3.05) is 13.7 Å². The Balaban J connectivity index is 1.60. The van der Waals surface area contributed by atoms with Crippen molar-refractivity contribution in [2.45, 2.75) is 57.7 Å². The molecule has 1 fully saturated rings. The first-order valence-electron chi connectivity index (χ1n) is 11.3. The van der Waals surface area contributed by atoms with E-state index in [1.807, 2.05) is 18.2 Å². The summed E-state index contributed by atoms with van der Waals surface area (Å²) >= 11 is 0. The highest BCUT2D eigenvalue weighted by molar-refractivity contribution is 6.17. The number of aliphatic imine (C=N–C) groups is 1. The summed E-state index contributed by atoms with van der Waals surface area (Å²) in [6.45, 7) is 8.83. The van der Waals surface area contributed by atoms with Gasteiger partial charge < -0.3 is 20.1 Å². The molecular weight excluding hydrogens is 418 g/mol. The minimum Gasteiger partial charge on any atom is -0.493 e. The van der Waals surface area contributed by atoms with Crippen LogP contribution in [0.3, 0.4) is 0 Å². The van der Waals surface area contributed by atoms with Gasteiger partial charge >= 0.3 is 0 Å². The number of β-lactam (4-membered cyclic amide) rings is 1. The molecule has 7 heteroatoms. The summed E-state index contributed by atoms with van der Waals surface area (Å²) in [4.78, 5) is 29.5. The summed E-state index contributed by atoms with van der Waals surface area (Å²) in [7, 11) is 1.67. The minimum atomic E-state index is -0.469. The molecule has 2 N–H and O–H groups in total. The van der Waals surface area contributed by atoms with Crippen LogP contribution >= 0.6 is 0 Å². The first kappa shape index (κ1) is 21.5. The summed E-state index contributed by atoms with van der Waals surface area (Å²) in [5.41, 5.74) is 4.93. The monoisotopic (exact) mass is 447 g/mol. The number of nitrogens with zero attached hydrogens (tertiary/aromatic N) is 1. The second kappa shape index (κ2) is 7.33. The van der Waals surface area contributed by atoms with E-state index in [1.54, 1.807) is 13.2 Å². The summed E-state index contributed by atoms with van der Waals surface area (Å²) in [6.07, 6.45) is 1.53. The van der Waals surface area contributed by atoms with Crippen LogP contribution in [0.4, 0.5) is 0 Å². The Hall–Kier alpha value is -3.35. The molecule has 33 heavy (non-hydrogen) atoms. The Labute approximate surface area is 193 Å². The van der Waals surface area contributed by atoms with Gasteiger partial charge in [0.1, 0.15) is 11.6 Å². The number of nitrogens with one attached hydrogen (secondary N) is 2. The fourth-order valence-corrected chi connectivity index (χ4v) is 4.88. The summed E-state index contributed by atoms with van der Waals surface area (Å²) in [6, 6.07) is 9.05. The maximum atomic E-state index is 12.8. The second-order valence-electron chi connectivity index (χ2n) is 10.3. The number of benzene rings is 2. The molecule has 0 aromatic heterocycles. The summed E-state index contributed by atoms with van der Waals surface area (Å²) < 4.78 is 12.0. The lowest BCUT2D eigenvalue weighted by Gasteiger charge is -2.31. The maximum Gasteiger partial charge on any atom is 0.252 e. The van der Waals surface area contributed by atoms with Gasteiger partial charge in [-0.3, -0.25) is 14.6 Å². The average Bonchev–Trinajstić information content (AvgIpc) is 3.09. The van der Waals surface area contributed by atoms with Crippen LogP contribution in [0.25, 0.3) is 0 Å². The van der Waals surface area contributed by atoms with E-state index in [0.717, 1.165) is 46.7 Å². The van der Waals surface area contributed by atoms with Crippen molar-refractivity contribution < 1.29 is 19.1 Å². The first-order valence-corrected chi connectivity index (χ1v) is 11.3. The van der Waals surface area contributed by atoms with Gasteiger partial charge in [0.15, 0.2) is 11.5 Å². The molecule has 0 unspecified atom stereocenters. The van der Waals surface area contributed by atoms with Crippen molar-refractivity contribution in [3.05, 3.63) is 58.1 Å². The molecule has 3 heterocycles. The molecule has 2 aromatic carbocycles. The smallest absolute Gasteiger partial charge is 0.252 e. The molecule has 0 aliphatic carbocycles. The van der Waals surface area contributed by atoms with Gasteiger partial charge in [0.2, 0.25) is 5.91 Å². The fourth-order valence-electron chi connectivity index (χ4n) is 4.88. The van der Waals surface area contributed by atoms with Crippen LogP contribution in [0.1, 0.15) is 60.3 Å². The van der Waals surface area contributed by atoms with Crippen molar-refractivity contribution in [1.82, 2.24) is 10.6 Å². The molecule has 1 atom stereocenters. The zero-order valence-electron chi connectivity index (χ0n) is 19.7. The fraction of sp³-hybridized carbons (Fsp3) is 0.423. The Morgan fingerprint density at radius 1 is 1.21 bits per heavy atom. The third-order valence-electron chi connectivity index (χ3n) is 6.40. The standard InChI is InChI=1S/C26H29N3O4/c1-25(2)11-16-10-19(32-5)22-17(12-26(3,4)33-22)20(16)21(29-25)14-7-6-8-15(9-14)23(30)28-18-13-27-24(18)31/h6-10,18H,11-13H2,1-5H3,(H,27,31)(H,28,30)/t18-/m0/s1. The van der Waals surface area contributed by atoms with Crippen molar-refractivity contribution >= 4 is 17.5 Å². The van der Waals surface area contributed by atoms with Gasteiger partial charge in [0.25, 0.3) is 5.91 Å². The van der Waals surface area contributed by atoms with Crippen LogP contribution in [0.2, 0.25) is 0 Å². The topological polar surface area (TPSA) is 89.0 Å². The summed E-state index contributed by atoms with van der Waals surface area (Å²) in [5.74, 6) is 1.10. The molecule has 0 saturated carbocycles. The molecule has 5 rings (SSSR count). The van der Waals surface area contributed by atoms with Crippen molar-refractivity contribution in [3.63, 3.8) is 0 Å². The predicted octanol–water partition coefficient (Wildman–Crippen LogP) is 2.81. The molecule has 3 aliphatic rings. The van der Waals surface area contributed by atoms with Crippen LogP contribution in [0, 0.1) is 0 Å².